The first-order chi connectivity index (χ1) is 5.60. The van der Waals surface area contributed by atoms with Crippen molar-refractivity contribution in [2.45, 2.75) is 38.7 Å². The zero-order valence-electron chi connectivity index (χ0n) is 8.34. The minimum absolute atomic E-state index is 0.367. The minimum atomic E-state index is -0.563. The predicted octanol–water partition coefficient (Wildman–Crippen LogP) is 1.82. The molecule has 12 heavy (non-hydrogen) atoms. The summed E-state index contributed by atoms with van der Waals surface area (Å²) in [6, 6.07) is 0. The highest BCUT2D eigenvalue weighted by atomic mass is 16.5. The van der Waals surface area contributed by atoms with Gasteiger partial charge in [0.25, 0.3) is 0 Å². The molecule has 2 nitrogen and oxygen atoms in total. The normalized spacial score (nSPS) is 43.0. The molecule has 3 atom stereocenters. The van der Waals surface area contributed by atoms with E-state index in [0.717, 1.165) is 12.8 Å². The van der Waals surface area contributed by atoms with Crippen molar-refractivity contribution in [2.75, 3.05) is 13.7 Å². The maximum Gasteiger partial charge on any atom is 0.0907 e. The van der Waals surface area contributed by atoms with Crippen molar-refractivity contribution in [2.24, 2.45) is 11.8 Å². The molecule has 72 valence electrons. The van der Waals surface area contributed by atoms with Crippen LogP contribution < -0.4 is 0 Å². The van der Waals surface area contributed by atoms with Crippen LogP contribution in [-0.4, -0.2) is 24.4 Å². The highest BCUT2D eigenvalue weighted by Gasteiger charge is 2.39. The molecule has 1 N–H and O–H groups in total. The molecular weight excluding hydrogens is 152 g/mol. The van der Waals surface area contributed by atoms with Crippen LogP contribution in [0.4, 0.5) is 0 Å². The summed E-state index contributed by atoms with van der Waals surface area (Å²) in [6.45, 7) is 4.83. The van der Waals surface area contributed by atoms with Crippen LogP contribution in [0.3, 0.4) is 0 Å². The smallest absolute Gasteiger partial charge is 0.0907 e. The van der Waals surface area contributed by atoms with E-state index in [1.807, 2.05) is 0 Å². The molecule has 3 unspecified atom stereocenters. The largest absolute Gasteiger partial charge is 0.387 e. The molecule has 0 aliphatic heterocycles. The molecule has 1 aliphatic carbocycles. The van der Waals surface area contributed by atoms with Gasteiger partial charge in [0, 0.05) is 7.11 Å². The van der Waals surface area contributed by atoms with E-state index in [9.17, 15) is 5.11 Å². The first kappa shape index (κ1) is 10.0. The fourth-order valence-electron chi connectivity index (χ4n) is 2.19. The van der Waals surface area contributed by atoms with Gasteiger partial charge in [-0.25, -0.2) is 0 Å². The quantitative estimate of drug-likeness (QED) is 0.688. The van der Waals surface area contributed by atoms with Crippen molar-refractivity contribution in [3.05, 3.63) is 0 Å². The van der Waals surface area contributed by atoms with Crippen LogP contribution in [0.25, 0.3) is 0 Å². The van der Waals surface area contributed by atoms with E-state index in [1.165, 1.54) is 6.42 Å². The third-order valence-corrected chi connectivity index (χ3v) is 3.36. The third-order valence-electron chi connectivity index (χ3n) is 3.36. The molecule has 0 aromatic carbocycles. The van der Waals surface area contributed by atoms with Crippen LogP contribution in [0.2, 0.25) is 0 Å². The molecule has 0 radical (unpaired) electrons. The van der Waals surface area contributed by atoms with E-state index < -0.39 is 5.60 Å². The highest BCUT2D eigenvalue weighted by Crippen LogP contribution is 2.37. The zero-order valence-corrected chi connectivity index (χ0v) is 8.34. The van der Waals surface area contributed by atoms with Crippen molar-refractivity contribution in [1.82, 2.24) is 0 Å². The fraction of sp³-hybridized carbons (Fsp3) is 1.00. The van der Waals surface area contributed by atoms with Gasteiger partial charge < -0.3 is 9.84 Å². The molecule has 1 rings (SSSR count). The molecule has 2 heteroatoms. The molecule has 1 fully saturated rings. The van der Waals surface area contributed by atoms with Crippen molar-refractivity contribution >= 4 is 0 Å². The van der Waals surface area contributed by atoms with E-state index in [4.69, 9.17) is 4.74 Å². The summed E-state index contributed by atoms with van der Waals surface area (Å²) in [6.07, 6.45) is 3.27. The molecule has 0 bridgehead atoms. The van der Waals surface area contributed by atoms with Crippen LogP contribution in [0.15, 0.2) is 0 Å². The summed E-state index contributed by atoms with van der Waals surface area (Å²) in [5.74, 6) is 0.991. The zero-order chi connectivity index (χ0) is 9.19. The molecule has 1 saturated carbocycles. The first-order valence-corrected chi connectivity index (χ1v) is 4.81. The second kappa shape index (κ2) is 3.75. The van der Waals surface area contributed by atoms with Gasteiger partial charge in [0.05, 0.1) is 12.2 Å². The average Bonchev–Trinajstić information content (AvgIpc) is 2.01. The second-order valence-corrected chi connectivity index (χ2v) is 4.19. The van der Waals surface area contributed by atoms with Crippen molar-refractivity contribution in [3.8, 4) is 0 Å². The van der Waals surface area contributed by atoms with Gasteiger partial charge >= 0.3 is 0 Å². The summed E-state index contributed by atoms with van der Waals surface area (Å²) in [5.41, 5.74) is -0.563. The standard InChI is InChI=1S/C10H20O2/c1-8-5-4-6-10(11,7-12-3)9(8)2/h8-9,11H,4-7H2,1-3H3. The number of aliphatic hydroxyl groups is 1. The van der Waals surface area contributed by atoms with Gasteiger partial charge in [0.1, 0.15) is 0 Å². The Bertz CT molecular complexity index is 143. The maximum atomic E-state index is 10.2. The summed E-state index contributed by atoms with van der Waals surface area (Å²) in [4.78, 5) is 0. The average molecular weight is 172 g/mol. The molecule has 0 saturated heterocycles. The van der Waals surface area contributed by atoms with Crippen molar-refractivity contribution in [1.29, 1.82) is 0 Å². The van der Waals surface area contributed by atoms with Crippen molar-refractivity contribution < 1.29 is 9.84 Å². The number of ether oxygens (including phenoxy) is 1. The molecule has 0 aromatic rings. The number of methoxy groups -OCH3 is 1. The van der Waals surface area contributed by atoms with Crippen LogP contribution >= 0.6 is 0 Å². The third kappa shape index (κ3) is 1.80. The second-order valence-electron chi connectivity index (χ2n) is 4.19. The van der Waals surface area contributed by atoms with Gasteiger partial charge in [0.2, 0.25) is 0 Å². The Balaban J connectivity index is 2.60. The first-order valence-electron chi connectivity index (χ1n) is 4.81. The van der Waals surface area contributed by atoms with Crippen LogP contribution in [0, 0.1) is 11.8 Å². The van der Waals surface area contributed by atoms with Crippen LogP contribution in [-0.2, 0) is 4.74 Å². The van der Waals surface area contributed by atoms with E-state index in [0.29, 0.717) is 18.4 Å². The molecule has 0 aromatic heterocycles. The van der Waals surface area contributed by atoms with Gasteiger partial charge in [-0.2, -0.15) is 0 Å². The monoisotopic (exact) mass is 172 g/mol. The topological polar surface area (TPSA) is 29.5 Å². The van der Waals surface area contributed by atoms with Gasteiger partial charge in [-0.3, -0.25) is 0 Å². The van der Waals surface area contributed by atoms with Crippen LogP contribution in [0.5, 0.6) is 0 Å². The number of hydrogen-bond acceptors (Lipinski definition) is 2. The SMILES string of the molecule is COCC1(O)CCCC(C)C1C. The number of hydrogen-bond donors (Lipinski definition) is 1. The van der Waals surface area contributed by atoms with Crippen molar-refractivity contribution in [3.63, 3.8) is 0 Å². The minimum Gasteiger partial charge on any atom is -0.387 e. The van der Waals surface area contributed by atoms with Crippen LogP contribution in [0.1, 0.15) is 33.1 Å². The van der Waals surface area contributed by atoms with Gasteiger partial charge in [-0.1, -0.05) is 26.7 Å². The molecule has 0 spiro atoms. The van der Waals surface area contributed by atoms with E-state index in [1.54, 1.807) is 7.11 Å². The molecular formula is C10H20O2. The Kier molecular flexibility index (Phi) is 3.13. The Morgan fingerprint density at radius 1 is 1.50 bits per heavy atom. The lowest BCUT2D eigenvalue weighted by Gasteiger charge is -2.41. The predicted molar refractivity (Wildman–Crippen MR) is 49.0 cm³/mol. The Hall–Kier alpha value is -0.0800. The lowest BCUT2D eigenvalue weighted by Crippen LogP contribution is -2.46. The number of rotatable bonds is 2. The fourth-order valence-corrected chi connectivity index (χ4v) is 2.19. The summed E-state index contributed by atoms with van der Waals surface area (Å²) in [7, 11) is 1.66. The van der Waals surface area contributed by atoms with E-state index in [-0.39, 0.29) is 0 Å². The summed E-state index contributed by atoms with van der Waals surface area (Å²) >= 11 is 0. The lowest BCUT2D eigenvalue weighted by molar-refractivity contribution is -0.106. The van der Waals surface area contributed by atoms with Gasteiger partial charge in [-0.15, -0.1) is 0 Å². The van der Waals surface area contributed by atoms with E-state index in [2.05, 4.69) is 13.8 Å². The Labute approximate surface area is 74.9 Å². The Morgan fingerprint density at radius 2 is 2.17 bits per heavy atom. The lowest BCUT2D eigenvalue weighted by atomic mass is 9.71. The summed E-state index contributed by atoms with van der Waals surface area (Å²) < 4.78 is 5.05. The Morgan fingerprint density at radius 3 is 2.75 bits per heavy atom. The molecule has 0 heterocycles. The maximum absolute atomic E-state index is 10.2. The van der Waals surface area contributed by atoms with Gasteiger partial charge in [0.15, 0.2) is 0 Å². The van der Waals surface area contributed by atoms with E-state index >= 15 is 0 Å². The molecule has 1 aliphatic rings. The van der Waals surface area contributed by atoms with Gasteiger partial charge in [-0.05, 0) is 18.3 Å². The summed E-state index contributed by atoms with van der Waals surface area (Å²) in [5, 5.41) is 10.2. The highest BCUT2D eigenvalue weighted by molar-refractivity contribution is 4.90. The molecule has 0 amide bonds.